The number of allylic oxidation sites excluding steroid dienone is 1. The second kappa shape index (κ2) is 12.3. The Morgan fingerprint density at radius 3 is 2.51 bits per heavy atom. The summed E-state index contributed by atoms with van der Waals surface area (Å²) < 4.78 is 22.8. The molecule has 0 saturated heterocycles. The summed E-state index contributed by atoms with van der Waals surface area (Å²) in [6.07, 6.45) is 1.64. The summed E-state index contributed by atoms with van der Waals surface area (Å²) in [6.45, 7) is 4.27. The first-order chi connectivity index (χ1) is 20.0. The van der Waals surface area contributed by atoms with E-state index in [2.05, 4.69) is 12.6 Å². The summed E-state index contributed by atoms with van der Waals surface area (Å²) in [5, 5.41) is 10.6. The van der Waals surface area contributed by atoms with E-state index < -0.39 is 11.9 Å². The Labute approximate surface area is 242 Å². The largest absolute Gasteiger partial charge is 0.490 e. The average molecular weight is 565 g/mol. The molecule has 1 aliphatic rings. The normalized spacial score (nSPS) is 13.8. The van der Waals surface area contributed by atoms with Crippen molar-refractivity contribution in [1.82, 2.24) is 0 Å². The molecule has 1 atom stereocenters. The van der Waals surface area contributed by atoms with Gasteiger partial charge in [-0.05, 0) is 54.1 Å². The minimum absolute atomic E-state index is 0.0222. The van der Waals surface area contributed by atoms with Gasteiger partial charge in [-0.25, -0.2) is 4.79 Å². The van der Waals surface area contributed by atoms with Crippen molar-refractivity contribution in [1.29, 1.82) is 5.26 Å². The predicted octanol–water partition coefficient (Wildman–Crippen LogP) is 6.92. The van der Waals surface area contributed by atoms with Crippen LogP contribution in [0.1, 0.15) is 33.0 Å². The van der Waals surface area contributed by atoms with Gasteiger partial charge in [0.1, 0.15) is 47.9 Å². The number of nitrogens with zero attached hydrogens (tertiary/aromatic N) is 1. The lowest BCUT2D eigenvalue weighted by Crippen LogP contribution is -2.21. The number of esters is 1. The molecule has 204 valence electrons. The Kier molecular flexibility index (Phi) is 8.23. The highest BCUT2D eigenvalue weighted by Gasteiger charge is 2.31. The van der Waals surface area contributed by atoms with Gasteiger partial charge in [0.05, 0.1) is 11.5 Å². The molecule has 1 aliphatic heterocycles. The van der Waals surface area contributed by atoms with E-state index in [1.165, 1.54) is 0 Å². The summed E-state index contributed by atoms with van der Waals surface area (Å²) in [7, 11) is 0. The van der Waals surface area contributed by atoms with Crippen molar-refractivity contribution >= 4 is 17.6 Å². The minimum atomic E-state index is -0.544. The molecule has 7 nitrogen and oxygen atoms in total. The van der Waals surface area contributed by atoms with Gasteiger partial charge in [0.25, 0.3) is 0 Å². The monoisotopic (exact) mass is 564 g/mol. The number of benzene rings is 4. The molecule has 4 aromatic carbocycles. The average Bonchev–Trinajstić information content (AvgIpc) is 2.99. The van der Waals surface area contributed by atoms with Crippen molar-refractivity contribution < 1.29 is 23.7 Å². The molecule has 1 unspecified atom stereocenters. The van der Waals surface area contributed by atoms with Gasteiger partial charge in [0.15, 0.2) is 0 Å². The topological polar surface area (TPSA) is 104 Å². The van der Waals surface area contributed by atoms with Crippen molar-refractivity contribution in [3.63, 3.8) is 0 Å². The van der Waals surface area contributed by atoms with E-state index >= 15 is 0 Å². The lowest BCUT2D eigenvalue weighted by molar-refractivity contribution is 0.0734. The van der Waals surface area contributed by atoms with E-state index in [1.54, 1.807) is 48.5 Å². The summed E-state index contributed by atoms with van der Waals surface area (Å²) in [6, 6.07) is 28.7. The third-order valence-electron chi connectivity index (χ3n) is 6.40. The van der Waals surface area contributed by atoms with Crippen LogP contribution >= 0.6 is 11.6 Å². The first-order valence-electron chi connectivity index (χ1n) is 12.7. The molecule has 5 rings (SSSR count). The van der Waals surface area contributed by atoms with Crippen LogP contribution in [0.2, 0.25) is 5.02 Å². The van der Waals surface area contributed by atoms with Gasteiger partial charge in [0, 0.05) is 22.2 Å². The third kappa shape index (κ3) is 6.19. The lowest BCUT2D eigenvalue weighted by Gasteiger charge is -2.27. The first-order valence-corrected chi connectivity index (χ1v) is 13.1. The van der Waals surface area contributed by atoms with Crippen LogP contribution in [0.15, 0.2) is 115 Å². The van der Waals surface area contributed by atoms with E-state index in [4.69, 9.17) is 36.3 Å². The van der Waals surface area contributed by atoms with Crippen molar-refractivity contribution in [3.05, 3.63) is 142 Å². The molecule has 0 bridgehead atoms. The maximum absolute atomic E-state index is 12.8. The Morgan fingerprint density at radius 2 is 1.76 bits per heavy atom. The fraction of sp³-hybridized carbons (Fsp3) is 0.0909. The van der Waals surface area contributed by atoms with E-state index in [9.17, 15) is 10.1 Å². The third-order valence-corrected chi connectivity index (χ3v) is 6.77. The van der Waals surface area contributed by atoms with Crippen LogP contribution in [0.25, 0.3) is 0 Å². The quantitative estimate of drug-likeness (QED) is 0.134. The predicted molar refractivity (Wildman–Crippen MR) is 155 cm³/mol. The standard InChI is InChI=1S/C33H25ClN2O5/c1-2-16-38-24-12-10-21(11-13-24)33(37)40-26-14-15-27-30(18-26)41-32(36)28(19-35)31(27)22-7-5-8-25(17-22)39-20-23-6-3-4-9-29(23)34/h2-15,17-18,31H,1,16,20,36H2. The maximum Gasteiger partial charge on any atom is 0.343 e. The minimum Gasteiger partial charge on any atom is -0.490 e. The van der Waals surface area contributed by atoms with Crippen molar-refractivity contribution in [2.75, 3.05) is 6.61 Å². The SMILES string of the molecule is C=CCOc1ccc(C(=O)Oc2ccc3c(c2)OC(N)=C(C#N)C3c2cccc(OCc3ccccc3Cl)c2)cc1. The molecular weight excluding hydrogens is 540 g/mol. The zero-order valence-corrected chi connectivity index (χ0v) is 22.6. The molecule has 0 amide bonds. The number of fused-ring (bicyclic) bond motifs is 1. The molecule has 0 radical (unpaired) electrons. The molecule has 41 heavy (non-hydrogen) atoms. The van der Waals surface area contributed by atoms with Gasteiger partial charge < -0.3 is 24.7 Å². The molecule has 0 aromatic heterocycles. The zero-order valence-electron chi connectivity index (χ0n) is 21.9. The number of hydrogen-bond donors (Lipinski definition) is 1. The lowest BCUT2D eigenvalue weighted by atomic mass is 9.83. The number of carbonyl (C=O) groups excluding carboxylic acids is 1. The van der Waals surface area contributed by atoms with Crippen LogP contribution in [0.3, 0.4) is 0 Å². The van der Waals surface area contributed by atoms with Gasteiger partial charge in [-0.15, -0.1) is 0 Å². The molecule has 0 saturated carbocycles. The maximum atomic E-state index is 12.8. The highest BCUT2D eigenvalue weighted by molar-refractivity contribution is 6.31. The van der Waals surface area contributed by atoms with Crippen LogP contribution in [0.4, 0.5) is 0 Å². The van der Waals surface area contributed by atoms with Gasteiger partial charge in [-0.2, -0.15) is 5.26 Å². The van der Waals surface area contributed by atoms with Crippen LogP contribution < -0.4 is 24.7 Å². The van der Waals surface area contributed by atoms with E-state index in [0.29, 0.717) is 40.0 Å². The summed E-state index contributed by atoms with van der Waals surface area (Å²) in [4.78, 5) is 12.8. The molecule has 0 spiro atoms. The number of rotatable bonds is 9. The Hall–Kier alpha value is -5.19. The van der Waals surface area contributed by atoms with Gasteiger partial charge in [-0.3, -0.25) is 0 Å². The summed E-state index contributed by atoms with van der Waals surface area (Å²) in [5.41, 5.74) is 9.14. The van der Waals surface area contributed by atoms with Gasteiger partial charge >= 0.3 is 5.97 Å². The molecule has 0 fully saturated rings. The van der Waals surface area contributed by atoms with Gasteiger partial charge in [0.2, 0.25) is 5.88 Å². The molecule has 0 aliphatic carbocycles. The molecule has 1 heterocycles. The molecule has 8 heteroatoms. The van der Waals surface area contributed by atoms with Gasteiger partial charge in [-0.1, -0.05) is 60.7 Å². The van der Waals surface area contributed by atoms with Crippen molar-refractivity contribution in [3.8, 4) is 29.1 Å². The smallest absolute Gasteiger partial charge is 0.343 e. The summed E-state index contributed by atoms with van der Waals surface area (Å²) >= 11 is 6.27. The number of ether oxygens (including phenoxy) is 4. The van der Waals surface area contributed by atoms with Crippen molar-refractivity contribution in [2.45, 2.75) is 12.5 Å². The fourth-order valence-corrected chi connectivity index (χ4v) is 4.60. The Morgan fingerprint density at radius 1 is 0.976 bits per heavy atom. The molecule has 4 aromatic rings. The van der Waals surface area contributed by atoms with Crippen LogP contribution in [-0.4, -0.2) is 12.6 Å². The first kappa shape index (κ1) is 27.4. The highest BCUT2D eigenvalue weighted by Crippen LogP contribution is 2.44. The fourth-order valence-electron chi connectivity index (χ4n) is 4.41. The Bertz CT molecular complexity index is 1670. The molecule has 2 N–H and O–H groups in total. The second-order valence-corrected chi connectivity index (χ2v) is 9.50. The van der Waals surface area contributed by atoms with Crippen LogP contribution in [0.5, 0.6) is 23.0 Å². The van der Waals surface area contributed by atoms with Crippen molar-refractivity contribution in [2.24, 2.45) is 5.73 Å². The summed E-state index contributed by atoms with van der Waals surface area (Å²) in [5.74, 6) is 0.793. The number of nitrogens with two attached hydrogens (primary N) is 1. The van der Waals surface area contributed by atoms with Crippen LogP contribution in [0, 0.1) is 11.3 Å². The van der Waals surface area contributed by atoms with E-state index in [0.717, 1.165) is 11.1 Å². The number of nitriles is 1. The number of hydrogen-bond acceptors (Lipinski definition) is 7. The van der Waals surface area contributed by atoms with Crippen LogP contribution in [-0.2, 0) is 6.61 Å². The number of carbonyl (C=O) groups is 1. The zero-order chi connectivity index (χ0) is 28.8. The second-order valence-electron chi connectivity index (χ2n) is 9.09. The Balaban J connectivity index is 1.37. The van der Waals surface area contributed by atoms with E-state index in [1.807, 2.05) is 48.5 Å². The highest BCUT2D eigenvalue weighted by atomic mass is 35.5. The molecular formula is C33H25ClN2O5. The number of halogens is 1. The van der Waals surface area contributed by atoms with E-state index in [-0.39, 0.29) is 23.8 Å².